The first-order valence-corrected chi connectivity index (χ1v) is 10.2. The van der Waals surface area contributed by atoms with Crippen molar-refractivity contribution < 1.29 is 18.7 Å². The molecule has 0 aromatic heterocycles. The summed E-state index contributed by atoms with van der Waals surface area (Å²) in [5.41, 5.74) is 0.851. The molecule has 0 radical (unpaired) electrons. The number of nitrogens with zero attached hydrogens (tertiary/aromatic N) is 3. The summed E-state index contributed by atoms with van der Waals surface area (Å²) in [5.74, 6) is -0.762. The maximum absolute atomic E-state index is 15.2. The van der Waals surface area contributed by atoms with Crippen LogP contribution >= 0.6 is 12.2 Å². The van der Waals surface area contributed by atoms with E-state index >= 15 is 4.39 Å². The fourth-order valence-corrected chi connectivity index (χ4v) is 4.96. The Labute approximate surface area is 183 Å². The Kier molecular flexibility index (Phi) is 4.24. The van der Waals surface area contributed by atoms with E-state index in [1.165, 1.54) is 30.2 Å². The standard InChI is InChI=1S/C22H17FN4O3S/c1-30-18-7-12(10-24)3-4-16(18)26-20(29)22(5-2-6-22)27(21(26)31)17-9-14-13(8-15(17)23)11-25-19(14)28/h3-4,7-9H,2,5-6,11H2,1H3,(H,25,28). The van der Waals surface area contributed by atoms with Crippen LogP contribution in [0.4, 0.5) is 15.8 Å². The van der Waals surface area contributed by atoms with Crippen LogP contribution in [0.3, 0.4) is 0 Å². The molecule has 1 saturated carbocycles. The zero-order valence-corrected chi connectivity index (χ0v) is 17.4. The molecule has 5 rings (SSSR count). The van der Waals surface area contributed by atoms with E-state index in [1.54, 1.807) is 17.0 Å². The van der Waals surface area contributed by atoms with Gasteiger partial charge in [-0.1, -0.05) is 0 Å². The average molecular weight is 436 g/mol. The molecule has 0 bridgehead atoms. The Morgan fingerprint density at radius 1 is 1.23 bits per heavy atom. The third-order valence-corrected chi connectivity index (χ3v) is 6.60. The van der Waals surface area contributed by atoms with Crippen LogP contribution in [-0.4, -0.2) is 29.6 Å². The Bertz CT molecular complexity index is 1220. The van der Waals surface area contributed by atoms with Crippen LogP contribution in [0.1, 0.15) is 40.7 Å². The SMILES string of the molecule is COc1cc(C#N)ccc1N1C(=O)C2(CCC2)N(c2cc3c(cc2F)CNC3=O)C1=S. The van der Waals surface area contributed by atoms with Crippen molar-refractivity contribution >= 4 is 40.5 Å². The second-order valence-corrected chi connectivity index (χ2v) is 8.15. The molecule has 2 heterocycles. The van der Waals surface area contributed by atoms with Crippen LogP contribution in [0, 0.1) is 17.1 Å². The number of nitrogens with one attached hydrogen (secondary N) is 1. The number of carbonyl (C=O) groups excluding carboxylic acids is 2. The lowest BCUT2D eigenvalue weighted by Gasteiger charge is -2.43. The third-order valence-electron chi connectivity index (χ3n) is 6.24. The Morgan fingerprint density at radius 2 is 2.00 bits per heavy atom. The fourth-order valence-electron chi connectivity index (χ4n) is 4.50. The molecule has 2 fully saturated rings. The van der Waals surface area contributed by atoms with E-state index in [0.717, 1.165) is 6.42 Å². The first-order valence-electron chi connectivity index (χ1n) is 9.79. The summed E-state index contributed by atoms with van der Waals surface area (Å²) < 4.78 is 20.6. The van der Waals surface area contributed by atoms with Gasteiger partial charge in [0.15, 0.2) is 5.11 Å². The summed E-state index contributed by atoms with van der Waals surface area (Å²) in [7, 11) is 1.44. The number of fused-ring (bicyclic) bond motifs is 1. The van der Waals surface area contributed by atoms with Gasteiger partial charge in [0, 0.05) is 18.2 Å². The van der Waals surface area contributed by atoms with Gasteiger partial charge in [0.25, 0.3) is 11.8 Å². The van der Waals surface area contributed by atoms with Crippen molar-refractivity contribution in [1.29, 1.82) is 5.26 Å². The van der Waals surface area contributed by atoms with E-state index in [4.69, 9.17) is 17.0 Å². The largest absolute Gasteiger partial charge is 0.495 e. The van der Waals surface area contributed by atoms with Gasteiger partial charge in [-0.15, -0.1) is 0 Å². The number of anilines is 2. The van der Waals surface area contributed by atoms with Crippen molar-refractivity contribution in [2.24, 2.45) is 0 Å². The zero-order chi connectivity index (χ0) is 21.9. The average Bonchev–Trinajstić information content (AvgIpc) is 3.20. The van der Waals surface area contributed by atoms with Crippen molar-refractivity contribution in [2.45, 2.75) is 31.3 Å². The quantitative estimate of drug-likeness (QED) is 0.745. The lowest BCUT2D eigenvalue weighted by Crippen LogP contribution is -2.55. The minimum atomic E-state index is -1.000. The molecular formula is C22H17FN4O3S. The van der Waals surface area contributed by atoms with E-state index in [2.05, 4.69) is 5.32 Å². The Hall–Kier alpha value is -3.51. The molecule has 9 heteroatoms. The molecule has 2 aromatic carbocycles. The molecule has 1 spiro atoms. The highest BCUT2D eigenvalue weighted by Crippen LogP contribution is 2.50. The molecule has 0 atom stereocenters. The highest BCUT2D eigenvalue weighted by Gasteiger charge is 2.60. The van der Waals surface area contributed by atoms with Crippen LogP contribution in [0.2, 0.25) is 0 Å². The van der Waals surface area contributed by atoms with Crippen LogP contribution in [-0.2, 0) is 11.3 Å². The van der Waals surface area contributed by atoms with E-state index in [1.807, 2.05) is 6.07 Å². The Balaban J connectivity index is 1.65. The first-order chi connectivity index (χ1) is 14.9. The van der Waals surface area contributed by atoms with Gasteiger partial charge in [-0.3, -0.25) is 14.5 Å². The van der Waals surface area contributed by atoms with Crippen molar-refractivity contribution in [1.82, 2.24) is 5.32 Å². The molecule has 0 unspecified atom stereocenters. The number of halogens is 1. The highest BCUT2D eigenvalue weighted by atomic mass is 32.1. The summed E-state index contributed by atoms with van der Waals surface area (Å²) in [6, 6.07) is 9.55. The minimum absolute atomic E-state index is 0.115. The smallest absolute Gasteiger partial charge is 0.259 e. The van der Waals surface area contributed by atoms with Crippen LogP contribution < -0.4 is 19.9 Å². The van der Waals surface area contributed by atoms with E-state index < -0.39 is 11.4 Å². The topological polar surface area (TPSA) is 85.7 Å². The maximum atomic E-state index is 15.2. The Morgan fingerprint density at radius 3 is 2.65 bits per heavy atom. The summed E-state index contributed by atoms with van der Waals surface area (Å²) in [4.78, 5) is 28.7. The summed E-state index contributed by atoms with van der Waals surface area (Å²) in [6.07, 6.45) is 1.84. The maximum Gasteiger partial charge on any atom is 0.259 e. The van der Waals surface area contributed by atoms with Crippen LogP contribution in [0.25, 0.3) is 0 Å². The van der Waals surface area contributed by atoms with Crippen molar-refractivity contribution in [3.05, 3.63) is 52.8 Å². The lowest BCUT2D eigenvalue weighted by molar-refractivity contribution is -0.123. The van der Waals surface area contributed by atoms with Gasteiger partial charge < -0.3 is 15.0 Å². The van der Waals surface area contributed by atoms with E-state index in [0.29, 0.717) is 41.0 Å². The van der Waals surface area contributed by atoms with Crippen molar-refractivity contribution in [3.8, 4) is 11.8 Å². The molecule has 1 aliphatic carbocycles. The van der Waals surface area contributed by atoms with Gasteiger partial charge in [0.2, 0.25) is 0 Å². The number of carbonyl (C=O) groups is 2. The number of amides is 2. The van der Waals surface area contributed by atoms with Gasteiger partial charge in [-0.05, 0) is 61.3 Å². The predicted octanol–water partition coefficient (Wildman–Crippen LogP) is 3.01. The molecule has 31 heavy (non-hydrogen) atoms. The summed E-state index contributed by atoms with van der Waals surface area (Å²) in [5, 5.41) is 12.0. The molecule has 3 aliphatic rings. The zero-order valence-electron chi connectivity index (χ0n) is 16.6. The molecule has 7 nitrogen and oxygen atoms in total. The van der Waals surface area contributed by atoms with Gasteiger partial charge in [0.05, 0.1) is 30.1 Å². The number of methoxy groups -OCH3 is 1. The molecule has 2 aliphatic heterocycles. The number of ether oxygens (including phenoxy) is 1. The third kappa shape index (κ3) is 2.58. The molecule has 156 valence electrons. The van der Waals surface area contributed by atoms with Gasteiger partial charge in [-0.2, -0.15) is 5.26 Å². The number of nitriles is 1. The number of benzene rings is 2. The molecule has 1 saturated heterocycles. The monoisotopic (exact) mass is 436 g/mol. The van der Waals surface area contributed by atoms with E-state index in [9.17, 15) is 14.9 Å². The van der Waals surface area contributed by atoms with Crippen molar-refractivity contribution in [3.63, 3.8) is 0 Å². The number of hydrogen-bond donors (Lipinski definition) is 1. The molecule has 1 N–H and O–H groups in total. The van der Waals surface area contributed by atoms with Crippen LogP contribution in [0.5, 0.6) is 5.75 Å². The first kappa shape index (κ1) is 19.5. The highest BCUT2D eigenvalue weighted by molar-refractivity contribution is 7.81. The van der Waals surface area contributed by atoms with Gasteiger partial charge >= 0.3 is 0 Å². The van der Waals surface area contributed by atoms with Crippen molar-refractivity contribution in [2.75, 3.05) is 16.9 Å². The van der Waals surface area contributed by atoms with Gasteiger partial charge in [0.1, 0.15) is 17.1 Å². The molecule has 2 aromatic rings. The predicted molar refractivity (Wildman–Crippen MR) is 114 cm³/mol. The normalized spacial score (nSPS) is 18.7. The second-order valence-electron chi connectivity index (χ2n) is 7.79. The summed E-state index contributed by atoms with van der Waals surface area (Å²) >= 11 is 5.68. The van der Waals surface area contributed by atoms with E-state index in [-0.39, 0.29) is 29.2 Å². The lowest BCUT2D eigenvalue weighted by atomic mass is 9.75. The summed E-state index contributed by atoms with van der Waals surface area (Å²) in [6.45, 7) is 0.272. The number of hydrogen-bond acceptors (Lipinski definition) is 5. The minimum Gasteiger partial charge on any atom is -0.495 e. The molecule has 2 amide bonds. The number of thiocarbonyl (C=S) groups is 1. The van der Waals surface area contributed by atoms with Crippen LogP contribution in [0.15, 0.2) is 30.3 Å². The fraction of sp³-hybridized carbons (Fsp3) is 0.273. The van der Waals surface area contributed by atoms with Gasteiger partial charge in [-0.25, -0.2) is 4.39 Å². The second kappa shape index (κ2) is 6.75. The molecular weight excluding hydrogens is 419 g/mol. The number of rotatable bonds is 3.